The number of unbranched alkanes of at least 4 members (excludes halogenated alkanes) is 2. The molecule has 3 aromatic rings. The number of nitrogens with zero attached hydrogens (tertiary/aromatic N) is 2. The Kier molecular flexibility index (Phi) is 23.2. The third-order valence-corrected chi connectivity index (χ3v) is 8.55. The van der Waals surface area contributed by atoms with Crippen molar-refractivity contribution in [2.45, 2.75) is 91.1 Å². The van der Waals surface area contributed by atoms with Crippen molar-refractivity contribution in [3.8, 4) is 0 Å². The van der Waals surface area contributed by atoms with Gasteiger partial charge in [0.15, 0.2) is 0 Å². The quantitative estimate of drug-likeness (QED) is 0.149. The highest BCUT2D eigenvalue weighted by molar-refractivity contribution is 7.18. The zero-order chi connectivity index (χ0) is 36.4. The highest BCUT2D eigenvalue weighted by Gasteiger charge is 2.29. The number of fused-ring (bicyclic) bond motifs is 1. The lowest BCUT2D eigenvalue weighted by Gasteiger charge is -2.28. The van der Waals surface area contributed by atoms with Crippen LogP contribution in [0.5, 0.6) is 0 Å². The van der Waals surface area contributed by atoms with Crippen molar-refractivity contribution < 1.29 is 23.9 Å². The van der Waals surface area contributed by atoms with Gasteiger partial charge in [-0.2, -0.15) is 0 Å². The van der Waals surface area contributed by atoms with Crippen LogP contribution in [0.4, 0.5) is 0 Å². The molecule has 1 unspecified atom stereocenters. The van der Waals surface area contributed by atoms with Gasteiger partial charge in [-0.05, 0) is 68.0 Å². The predicted octanol–water partition coefficient (Wildman–Crippen LogP) is 4.66. The van der Waals surface area contributed by atoms with Gasteiger partial charge >= 0.3 is 0 Å². The molecule has 7 N–H and O–H groups in total. The fourth-order valence-corrected chi connectivity index (χ4v) is 5.81. The van der Waals surface area contributed by atoms with Gasteiger partial charge in [0.25, 0.3) is 0 Å². The summed E-state index contributed by atoms with van der Waals surface area (Å²) in [5, 5.41) is 9.66. The van der Waals surface area contributed by atoms with Gasteiger partial charge in [0.05, 0.1) is 15.2 Å². The second kappa shape index (κ2) is 26.2. The maximum atomic E-state index is 12.2. The summed E-state index contributed by atoms with van der Waals surface area (Å²) < 4.78 is 6.30. The standard InChI is InChI=1S/C17H20ClN3O3S.C12H19N3O.C4H9NO.C2H6/c18-11-1-2-12-13(9-11)25-15(20-12)4-3-14(22)21-16(17(19)23)10-5-7-24-8-6-10;13-7-3-1-2-6-12(16)15-10-11-5-4-8-14-9-11;1-3-4(6)5-2;1-2/h1-2,9-10,16H,3-8H2,(H2,19,23)(H,21,22);4-5,8-9H,1-3,6-7,10,13H2,(H,15,16);3H2,1-2H3,(H,5,6);1-2H3. The molecule has 12 nitrogen and oxygen atoms in total. The zero-order valence-corrected chi connectivity index (χ0v) is 30.8. The van der Waals surface area contributed by atoms with Gasteiger partial charge in [0.2, 0.25) is 23.6 Å². The molecule has 49 heavy (non-hydrogen) atoms. The van der Waals surface area contributed by atoms with Crippen LogP contribution in [0.25, 0.3) is 10.2 Å². The van der Waals surface area contributed by atoms with Crippen molar-refractivity contribution in [2.24, 2.45) is 17.4 Å². The number of carbonyl (C=O) groups is 4. The van der Waals surface area contributed by atoms with Crippen molar-refractivity contribution in [1.29, 1.82) is 0 Å². The average molecular weight is 720 g/mol. The van der Waals surface area contributed by atoms with Gasteiger partial charge in [0.1, 0.15) is 6.04 Å². The third kappa shape index (κ3) is 18.6. The van der Waals surface area contributed by atoms with E-state index in [9.17, 15) is 19.2 Å². The van der Waals surface area contributed by atoms with Crippen molar-refractivity contribution in [3.63, 3.8) is 0 Å². The molecule has 4 amide bonds. The van der Waals surface area contributed by atoms with Gasteiger partial charge in [-0.3, -0.25) is 24.2 Å². The Morgan fingerprint density at radius 3 is 2.37 bits per heavy atom. The fourth-order valence-electron chi connectivity index (χ4n) is 4.56. The summed E-state index contributed by atoms with van der Waals surface area (Å²) in [6, 6.07) is 8.71. The smallest absolute Gasteiger partial charge is 0.240 e. The summed E-state index contributed by atoms with van der Waals surface area (Å²) in [5.41, 5.74) is 12.7. The first kappa shape index (κ1) is 43.4. The van der Waals surface area contributed by atoms with E-state index in [4.69, 9.17) is 27.8 Å². The monoisotopic (exact) mass is 719 g/mol. The second-order valence-corrected chi connectivity index (χ2v) is 12.4. The molecule has 1 saturated heterocycles. The second-order valence-electron chi connectivity index (χ2n) is 10.9. The molecule has 0 spiro atoms. The first-order valence-corrected chi connectivity index (χ1v) is 18.1. The van der Waals surface area contributed by atoms with Crippen molar-refractivity contribution >= 4 is 56.8 Å². The molecule has 3 heterocycles. The Balaban J connectivity index is 0.000000428. The number of ether oxygens (including phenoxy) is 1. The lowest BCUT2D eigenvalue weighted by atomic mass is 9.91. The molecule has 0 aliphatic carbocycles. The first-order valence-electron chi connectivity index (χ1n) is 16.9. The Morgan fingerprint density at radius 1 is 1.04 bits per heavy atom. The van der Waals surface area contributed by atoms with Crippen LogP contribution in [0.3, 0.4) is 0 Å². The number of nitrogens with two attached hydrogens (primary N) is 2. The van der Waals surface area contributed by atoms with Crippen LogP contribution in [0.15, 0.2) is 42.7 Å². The number of nitrogens with one attached hydrogen (secondary N) is 3. The molecule has 4 rings (SSSR count). The van der Waals surface area contributed by atoms with E-state index in [1.165, 1.54) is 11.3 Å². The molecule has 1 aliphatic rings. The van der Waals surface area contributed by atoms with Gasteiger partial charge in [0, 0.05) is 69.9 Å². The number of hydrogen-bond donors (Lipinski definition) is 5. The normalized spacial score (nSPS) is 12.9. The van der Waals surface area contributed by atoms with Crippen LogP contribution in [-0.2, 0) is 36.9 Å². The van der Waals surface area contributed by atoms with Crippen molar-refractivity contribution in [1.82, 2.24) is 25.9 Å². The van der Waals surface area contributed by atoms with Crippen LogP contribution >= 0.6 is 22.9 Å². The largest absolute Gasteiger partial charge is 0.381 e. The van der Waals surface area contributed by atoms with E-state index in [0.717, 1.165) is 52.9 Å². The summed E-state index contributed by atoms with van der Waals surface area (Å²) in [6.45, 7) is 8.27. The Morgan fingerprint density at radius 2 is 1.78 bits per heavy atom. The SMILES string of the molecule is CC.CCC(=O)NC.NC(=O)C(NC(=O)CCc1nc2ccc(Cl)cc2s1)C1CCOCC1.NCCCCCC(=O)NCc1cccnc1. The molecule has 1 atom stereocenters. The number of hydrogen-bond acceptors (Lipinski definition) is 9. The topological polar surface area (TPSA) is 191 Å². The minimum absolute atomic E-state index is 0.0415. The highest BCUT2D eigenvalue weighted by Crippen LogP contribution is 2.26. The molecular formula is C35H54ClN7O5S. The minimum Gasteiger partial charge on any atom is -0.381 e. The number of aryl methyl sites for hydroxylation is 1. The summed E-state index contributed by atoms with van der Waals surface area (Å²) in [4.78, 5) is 53.9. The Hall–Kier alpha value is -3.65. The lowest BCUT2D eigenvalue weighted by Crippen LogP contribution is -2.50. The van der Waals surface area contributed by atoms with Crippen LogP contribution in [-0.4, -0.2) is 66.4 Å². The number of pyridine rings is 1. The Labute approximate surface area is 299 Å². The van der Waals surface area contributed by atoms with Gasteiger partial charge in [-0.25, -0.2) is 4.98 Å². The van der Waals surface area contributed by atoms with E-state index in [1.807, 2.05) is 45.0 Å². The van der Waals surface area contributed by atoms with Crippen LogP contribution in [0.2, 0.25) is 5.02 Å². The van der Waals surface area contributed by atoms with Crippen LogP contribution in [0, 0.1) is 5.92 Å². The number of carbonyl (C=O) groups excluding carboxylic acids is 4. The molecule has 0 saturated carbocycles. The maximum absolute atomic E-state index is 12.2. The fraction of sp³-hybridized carbons (Fsp3) is 0.543. The number of thiazole rings is 1. The summed E-state index contributed by atoms with van der Waals surface area (Å²) in [5.74, 6) is -0.446. The minimum atomic E-state index is -0.634. The maximum Gasteiger partial charge on any atom is 0.240 e. The van der Waals surface area contributed by atoms with E-state index in [-0.39, 0.29) is 30.1 Å². The van der Waals surface area contributed by atoms with Crippen LogP contribution in [0.1, 0.15) is 82.7 Å². The van der Waals surface area contributed by atoms with Gasteiger partial charge < -0.3 is 32.2 Å². The van der Waals surface area contributed by atoms with E-state index in [0.29, 0.717) is 50.6 Å². The number of primary amides is 1. The number of rotatable bonds is 14. The van der Waals surface area contributed by atoms with Crippen molar-refractivity contribution in [2.75, 3.05) is 26.8 Å². The van der Waals surface area contributed by atoms with Crippen LogP contribution < -0.4 is 27.4 Å². The number of amides is 4. The number of halogens is 1. The predicted molar refractivity (Wildman–Crippen MR) is 197 cm³/mol. The Bertz CT molecular complexity index is 1380. The summed E-state index contributed by atoms with van der Waals surface area (Å²) >= 11 is 7.50. The molecule has 1 fully saturated rings. The van der Waals surface area contributed by atoms with E-state index < -0.39 is 11.9 Å². The third-order valence-electron chi connectivity index (χ3n) is 7.24. The molecule has 272 valence electrons. The molecule has 0 radical (unpaired) electrons. The average Bonchev–Trinajstić information content (AvgIpc) is 3.54. The number of benzene rings is 1. The first-order chi connectivity index (χ1) is 23.7. The molecular weight excluding hydrogens is 666 g/mol. The summed E-state index contributed by atoms with van der Waals surface area (Å²) in [6.07, 6.45) is 9.81. The number of aromatic nitrogens is 2. The zero-order valence-electron chi connectivity index (χ0n) is 29.3. The molecule has 0 bridgehead atoms. The molecule has 1 aliphatic heterocycles. The van der Waals surface area contributed by atoms with E-state index in [2.05, 4.69) is 25.9 Å². The van der Waals surface area contributed by atoms with Gasteiger partial charge in [-0.15, -0.1) is 11.3 Å². The highest BCUT2D eigenvalue weighted by atomic mass is 35.5. The van der Waals surface area contributed by atoms with Crippen molar-refractivity contribution in [3.05, 3.63) is 58.3 Å². The van der Waals surface area contributed by atoms with E-state index >= 15 is 0 Å². The molecule has 2 aromatic heterocycles. The van der Waals surface area contributed by atoms with E-state index in [1.54, 1.807) is 25.5 Å². The molecule has 14 heteroatoms. The lowest BCUT2D eigenvalue weighted by molar-refractivity contribution is -0.129. The van der Waals surface area contributed by atoms with Gasteiger partial charge in [-0.1, -0.05) is 44.9 Å². The summed E-state index contributed by atoms with van der Waals surface area (Å²) in [7, 11) is 1.63. The molecule has 1 aromatic carbocycles.